The number of aryl methyl sites for hydroxylation is 2. The van der Waals surface area contributed by atoms with Crippen molar-refractivity contribution < 1.29 is 22.7 Å². The molecule has 1 aromatic heterocycles. The molecule has 5 heterocycles. The molecule has 2 aromatic rings. The van der Waals surface area contributed by atoms with E-state index < -0.39 is 40.3 Å². The Morgan fingerprint density at radius 2 is 1.73 bits per heavy atom. The molecule has 6 rings (SSSR count). The molecule has 1 spiro atoms. The number of pyridine rings is 1. The Balaban J connectivity index is 1.28. The molecule has 0 aliphatic carbocycles. The predicted molar refractivity (Wildman–Crippen MR) is 180 cm³/mol. The van der Waals surface area contributed by atoms with E-state index in [2.05, 4.69) is 56.9 Å². The minimum atomic E-state index is -1.48. The second-order valence-electron chi connectivity index (χ2n) is 15.5. The maximum Gasteiger partial charge on any atom is 0.226 e. The monoisotopic (exact) mass is 688 g/mol. The summed E-state index contributed by atoms with van der Waals surface area (Å²) in [5.74, 6) is -5.18. The molecule has 4 aliphatic rings. The van der Waals surface area contributed by atoms with Crippen molar-refractivity contribution in [3.8, 4) is 0 Å². The smallest absolute Gasteiger partial charge is 0.226 e. The van der Waals surface area contributed by atoms with Gasteiger partial charge in [-0.15, -0.1) is 0 Å². The molecule has 0 radical (unpaired) electrons. The van der Waals surface area contributed by atoms with Gasteiger partial charge in [0.1, 0.15) is 11.8 Å². The van der Waals surface area contributed by atoms with Crippen LogP contribution in [0.5, 0.6) is 0 Å². The Morgan fingerprint density at radius 3 is 2.38 bits per heavy atom. The van der Waals surface area contributed by atoms with Crippen molar-refractivity contribution in [1.82, 2.24) is 25.2 Å². The first-order chi connectivity index (χ1) is 22.5. The van der Waals surface area contributed by atoms with E-state index in [0.29, 0.717) is 50.5 Å². The molecule has 0 bridgehead atoms. The number of ether oxygens (including phenoxy) is 1. The number of fused-ring (bicyclic) bond motifs is 2. The standard InChI is InChI=1S/C36H48ClF3N6O2/c1-9-46-33(41-19-42-46)35(7,8)31-24-17-26(37)21(3)43-30(24)36(48-31)11-14-44(15-12-36)32(47)22-10-13-45(34(4,5)6)18-25(22)23-16-20(2)27(38)29(40)28(23)39/h16-17,19,22,25,31,33H,9-15,18H2,1-8H3,(H,41,42)/t22?,25-,31+,33?/m1/s1. The molecular formula is C36H48ClF3N6O2. The van der Waals surface area contributed by atoms with Gasteiger partial charge in [-0.2, -0.15) is 5.01 Å². The second-order valence-corrected chi connectivity index (χ2v) is 15.9. The van der Waals surface area contributed by atoms with Gasteiger partial charge in [-0.05, 0) is 83.7 Å². The summed E-state index contributed by atoms with van der Waals surface area (Å²) in [4.78, 5) is 28.1. The first-order valence-corrected chi connectivity index (χ1v) is 17.5. The normalized spacial score (nSPS) is 26.3. The van der Waals surface area contributed by atoms with E-state index in [1.165, 1.54) is 13.0 Å². The van der Waals surface area contributed by atoms with Gasteiger partial charge < -0.3 is 15.1 Å². The van der Waals surface area contributed by atoms with Gasteiger partial charge >= 0.3 is 0 Å². The Bertz CT molecular complexity index is 1620. The third kappa shape index (κ3) is 5.82. The molecule has 2 unspecified atom stereocenters. The molecule has 0 saturated carbocycles. The molecule has 48 heavy (non-hydrogen) atoms. The number of halogens is 4. The SMILES string of the molecule is CCN1NC=NC1C(C)(C)[C@H]1OC2(CCN(C(=O)C3CCN(C(C)(C)C)C[C@H]3c3cc(C)c(F)c(F)c3F)CC2)c2nc(C)c(Cl)cc21. The van der Waals surface area contributed by atoms with E-state index in [9.17, 15) is 13.6 Å². The Labute approximate surface area is 287 Å². The number of amides is 1. The van der Waals surface area contributed by atoms with Gasteiger partial charge in [-0.3, -0.25) is 19.7 Å². The number of aromatic nitrogens is 1. The Hall–Kier alpha value is -2.73. The van der Waals surface area contributed by atoms with Gasteiger partial charge in [0.05, 0.1) is 28.9 Å². The van der Waals surface area contributed by atoms with E-state index in [4.69, 9.17) is 26.3 Å². The van der Waals surface area contributed by atoms with E-state index in [1.54, 1.807) is 6.34 Å². The van der Waals surface area contributed by atoms with Crippen molar-refractivity contribution in [2.24, 2.45) is 16.3 Å². The highest BCUT2D eigenvalue weighted by Crippen LogP contribution is 2.56. The number of benzene rings is 1. The van der Waals surface area contributed by atoms with Crippen LogP contribution in [0.1, 0.15) is 101 Å². The average molecular weight is 689 g/mol. The van der Waals surface area contributed by atoms with Crippen LogP contribution in [0.25, 0.3) is 0 Å². The summed E-state index contributed by atoms with van der Waals surface area (Å²) in [6.45, 7) is 18.5. The zero-order valence-electron chi connectivity index (χ0n) is 29.3. The third-order valence-corrected chi connectivity index (χ3v) is 11.6. The molecule has 262 valence electrons. The van der Waals surface area contributed by atoms with Crippen molar-refractivity contribution in [2.45, 2.75) is 104 Å². The molecule has 2 fully saturated rings. The quantitative estimate of drug-likeness (QED) is 0.349. The molecule has 2 saturated heterocycles. The summed E-state index contributed by atoms with van der Waals surface area (Å²) < 4.78 is 51.6. The van der Waals surface area contributed by atoms with Crippen LogP contribution < -0.4 is 5.43 Å². The average Bonchev–Trinajstić information content (AvgIpc) is 3.65. The van der Waals surface area contributed by atoms with Crippen molar-refractivity contribution in [2.75, 3.05) is 32.7 Å². The topological polar surface area (TPSA) is 73.3 Å². The van der Waals surface area contributed by atoms with Gasteiger partial charge in [-0.25, -0.2) is 13.2 Å². The number of nitrogens with zero attached hydrogens (tertiary/aromatic N) is 5. The first-order valence-electron chi connectivity index (χ1n) is 17.1. The molecule has 1 N–H and O–H groups in total. The van der Waals surface area contributed by atoms with Gasteiger partial charge in [0.25, 0.3) is 0 Å². The number of hydrazine groups is 1. The van der Waals surface area contributed by atoms with Gasteiger partial charge in [0.2, 0.25) is 5.91 Å². The van der Waals surface area contributed by atoms with Crippen LogP contribution in [0.2, 0.25) is 5.02 Å². The van der Waals surface area contributed by atoms with Crippen molar-refractivity contribution in [3.05, 3.63) is 62.7 Å². The van der Waals surface area contributed by atoms with Crippen LogP contribution >= 0.6 is 11.6 Å². The van der Waals surface area contributed by atoms with E-state index in [1.807, 2.05) is 17.9 Å². The van der Waals surface area contributed by atoms with Gasteiger partial charge in [0.15, 0.2) is 17.5 Å². The Kier molecular flexibility index (Phi) is 9.18. The second kappa shape index (κ2) is 12.5. The number of carbonyl (C=O) groups is 1. The number of hydrogen-bond acceptors (Lipinski definition) is 7. The summed E-state index contributed by atoms with van der Waals surface area (Å²) in [5, 5.41) is 2.66. The fraction of sp³-hybridized carbons (Fsp3) is 0.639. The Morgan fingerprint density at radius 1 is 1.04 bits per heavy atom. The lowest BCUT2D eigenvalue weighted by Gasteiger charge is -2.47. The first kappa shape index (κ1) is 35.1. The number of aliphatic imine (C=N–C) groups is 1. The van der Waals surface area contributed by atoms with Crippen molar-refractivity contribution in [3.63, 3.8) is 0 Å². The number of nitrogens with one attached hydrogen (secondary N) is 1. The number of hydrogen-bond donors (Lipinski definition) is 1. The highest BCUT2D eigenvalue weighted by molar-refractivity contribution is 6.31. The highest BCUT2D eigenvalue weighted by Gasteiger charge is 2.56. The fourth-order valence-electron chi connectivity index (χ4n) is 8.26. The summed E-state index contributed by atoms with van der Waals surface area (Å²) in [5.41, 5.74) is 4.44. The summed E-state index contributed by atoms with van der Waals surface area (Å²) in [6.07, 6.45) is 2.74. The lowest BCUT2D eigenvalue weighted by molar-refractivity contribution is -0.166. The lowest BCUT2D eigenvalue weighted by Crippen LogP contribution is -2.54. The summed E-state index contributed by atoms with van der Waals surface area (Å²) >= 11 is 6.65. The number of likely N-dealkylation sites (tertiary alicyclic amines) is 2. The van der Waals surface area contributed by atoms with E-state index >= 15 is 4.39 Å². The molecule has 8 nitrogen and oxygen atoms in total. The van der Waals surface area contributed by atoms with Gasteiger partial charge in [-0.1, -0.05) is 32.4 Å². The number of piperidine rings is 2. The van der Waals surface area contributed by atoms with Crippen LogP contribution in [0, 0.1) is 42.6 Å². The minimum absolute atomic E-state index is 0.0291. The van der Waals surface area contributed by atoms with Crippen LogP contribution in [-0.4, -0.2) is 76.5 Å². The minimum Gasteiger partial charge on any atom is -0.360 e. The van der Waals surface area contributed by atoms with Crippen LogP contribution in [0.4, 0.5) is 13.2 Å². The molecule has 4 aliphatic heterocycles. The highest BCUT2D eigenvalue weighted by atomic mass is 35.5. The van der Waals surface area contributed by atoms with Crippen LogP contribution in [-0.2, 0) is 15.1 Å². The molecule has 1 aromatic carbocycles. The third-order valence-electron chi connectivity index (χ3n) is 11.2. The number of rotatable bonds is 5. The van der Waals surface area contributed by atoms with E-state index in [0.717, 1.165) is 23.5 Å². The fourth-order valence-corrected chi connectivity index (χ4v) is 8.42. The summed E-state index contributed by atoms with van der Waals surface area (Å²) in [6, 6.07) is 3.36. The van der Waals surface area contributed by atoms with Crippen molar-refractivity contribution >= 4 is 23.8 Å². The van der Waals surface area contributed by atoms with Crippen LogP contribution in [0.3, 0.4) is 0 Å². The predicted octanol–water partition coefficient (Wildman–Crippen LogP) is 6.78. The maximum atomic E-state index is 15.4. The molecular weight excluding hydrogens is 641 g/mol. The zero-order chi connectivity index (χ0) is 34.9. The molecule has 12 heteroatoms. The molecule has 4 atom stereocenters. The zero-order valence-corrected chi connectivity index (χ0v) is 30.0. The van der Waals surface area contributed by atoms with Gasteiger partial charge in [0, 0.05) is 54.5 Å². The van der Waals surface area contributed by atoms with E-state index in [-0.39, 0.29) is 34.8 Å². The largest absolute Gasteiger partial charge is 0.360 e. The lowest BCUT2D eigenvalue weighted by atomic mass is 9.77. The molecule has 1 amide bonds. The van der Waals surface area contributed by atoms with Crippen molar-refractivity contribution in [1.29, 1.82) is 0 Å². The maximum absolute atomic E-state index is 15.4. The van der Waals surface area contributed by atoms with Crippen LogP contribution in [0.15, 0.2) is 17.1 Å². The number of carbonyl (C=O) groups excluding carboxylic acids is 1. The summed E-state index contributed by atoms with van der Waals surface area (Å²) in [7, 11) is 0.